The molecule has 2 rings (SSSR count). The number of rotatable bonds is 5. The number of likely N-dealkylation sites (tertiary alicyclic amines) is 2. The second-order valence-corrected chi connectivity index (χ2v) is 10.4. The van der Waals surface area contributed by atoms with E-state index >= 15 is 0 Å². The molecule has 0 aromatic carbocycles. The molecular formula is C22H38N4O5. The van der Waals surface area contributed by atoms with Gasteiger partial charge in [0.2, 0.25) is 17.7 Å². The minimum atomic E-state index is -0.575. The van der Waals surface area contributed by atoms with Crippen molar-refractivity contribution in [1.29, 1.82) is 0 Å². The average Bonchev–Trinajstić information content (AvgIpc) is 3.02. The van der Waals surface area contributed by atoms with Crippen molar-refractivity contribution in [2.45, 2.75) is 84.4 Å². The molecule has 0 aromatic heterocycles. The molecule has 2 fully saturated rings. The molecular weight excluding hydrogens is 400 g/mol. The lowest BCUT2D eigenvalue weighted by atomic mass is 10.0. The number of ether oxygens (including phenoxy) is 1. The minimum absolute atomic E-state index is 0.00867. The van der Waals surface area contributed by atoms with E-state index in [0.29, 0.717) is 32.5 Å². The van der Waals surface area contributed by atoms with Crippen LogP contribution in [0.2, 0.25) is 0 Å². The van der Waals surface area contributed by atoms with E-state index in [0.717, 1.165) is 0 Å². The molecule has 1 atom stereocenters. The third kappa shape index (κ3) is 7.70. The molecule has 0 spiro atoms. The first-order chi connectivity index (χ1) is 14.3. The number of amides is 4. The molecule has 4 amide bonds. The highest BCUT2D eigenvalue weighted by atomic mass is 16.6. The van der Waals surface area contributed by atoms with Gasteiger partial charge in [-0.1, -0.05) is 0 Å². The topological polar surface area (TPSA) is 108 Å². The van der Waals surface area contributed by atoms with Crippen LogP contribution in [0, 0.1) is 5.92 Å². The zero-order valence-electron chi connectivity index (χ0n) is 19.7. The first kappa shape index (κ1) is 24.9. The summed E-state index contributed by atoms with van der Waals surface area (Å²) < 4.78 is 5.13. The quantitative estimate of drug-likeness (QED) is 0.679. The largest absolute Gasteiger partial charge is 0.444 e. The number of carbonyl (C=O) groups is 4. The van der Waals surface area contributed by atoms with Gasteiger partial charge in [0.25, 0.3) is 0 Å². The van der Waals surface area contributed by atoms with E-state index in [2.05, 4.69) is 10.6 Å². The van der Waals surface area contributed by atoms with Crippen LogP contribution in [0.3, 0.4) is 0 Å². The van der Waals surface area contributed by atoms with Gasteiger partial charge in [-0.05, 0) is 54.4 Å². The normalized spacial score (nSPS) is 20.6. The molecule has 2 aliphatic rings. The third-order valence-electron chi connectivity index (χ3n) is 5.48. The summed E-state index contributed by atoms with van der Waals surface area (Å²) in [6, 6.07) is 0.00867. The van der Waals surface area contributed by atoms with E-state index in [1.54, 1.807) is 25.7 Å². The van der Waals surface area contributed by atoms with Crippen molar-refractivity contribution >= 4 is 23.8 Å². The molecule has 9 heteroatoms. The smallest absolute Gasteiger partial charge is 0.407 e. The van der Waals surface area contributed by atoms with Crippen molar-refractivity contribution in [1.82, 2.24) is 20.4 Å². The lowest BCUT2D eigenvalue weighted by Crippen LogP contribution is -2.49. The highest BCUT2D eigenvalue weighted by Crippen LogP contribution is 2.27. The first-order valence-electron chi connectivity index (χ1n) is 11.1. The number of hydrogen-bond acceptors (Lipinski definition) is 5. The zero-order valence-corrected chi connectivity index (χ0v) is 19.7. The molecule has 2 aliphatic heterocycles. The predicted molar refractivity (Wildman–Crippen MR) is 116 cm³/mol. The number of piperidine rings is 1. The summed E-state index contributed by atoms with van der Waals surface area (Å²) in [6.45, 7) is 13.1. The summed E-state index contributed by atoms with van der Waals surface area (Å²) in [4.78, 5) is 52.5. The third-order valence-corrected chi connectivity index (χ3v) is 5.48. The Morgan fingerprint density at radius 3 is 2.19 bits per heavy atom. The van der Waals surface area contributed by atoms with Crippen molar-refractivity contribution in [3.8, 4) is 0 Å². The van der Waals surface area contributed by atoms with Crippen LogP contribution in [0.1, 0.15) is 67.2 Å². The van der Waals surface area contributed by atoms with Crippen molar-refractivity contribution in [3.63, 3.8) is 0 Å². The number of hydrogen-bond donors (Lipinski definition) is 2. The summed E-state index contributed by atoms with van der Waals surface area (Å²) in [5.41, 5.74) is -0.851. The fraction of sp³-hybridized carbons (Fsp3) is 0.818. The molecule has 176 valence electrons. The fourth-order valence-corrected chi connectivity index (χ4v) is 3.92. The number of nitrogens with zero attached hydrogens (tertiary/aromatic N) is 2. The van der Waals surface area contributed by atoms with Crippen LogP contribution in [0.25, 0.3) is 0 Å². The van der Waals surface area contributed by atoms with E-state index in [1.165, 1.54) is 0 Å². The fourth-order valence-electron chi connectivity index (χ4n) is 3.92. The van der Waals surface area contributed by atoms with Gasteiger partial charge in [-0.25, -0.2) is 4.79 Å². The summed E-state index contributed by atoms with van der Waals surface area (Å²) in [7, 11) is 0. The average molecular weight is 439 g/mol. The van der Waals surface area contributed by atoms with Gasteiger partial charge in [-0.3, -0.25) is 14.4 Å². The Kier molecular flexibility index (Phi) is 7.94. The van der Waals surface area contributed by atoms with Crippen molar-refractivity contribution in [2.24, 2.45) is 5.92 Å². The number of nitrogens with one attached hydrogen (secondary N) is 2. The SMILES string of the molecule is CC(C)(C)OC(=O)NCCC(=O)NC1CCN(C(=O)C2CC(=O)N(C(C)(C)C)C2)CC1. The maximum atomic E-state index is 12.9. The van der Waals surface area contributed by atoms with E-state index in [9.17, 15) is 19.2 Å². The molecule has 0 aromatic rings. The monoisotopic (exact) mass is 438 g/mol. The zero-order chi connectivity index (χ0) is 23.4. The lowest BCUT2D eigenvalue weighted by molar-refractivity contribution is -0.137. The van der Waals surface area contributed by atoms with Crippen molar-refractivity contribution in [2.75, 3.05) is 26.2 Å². The maximum Gasteiger partial charge on any atom is 0.407 e. The van der Waals surface area contributed by atoms with Gasteiger partial charge in [0.1, 0.15) is 5.60 Å². The van der Waals surface area contributed by atoms with Gasteiger partial charge in [-0.2, -0.15) is 0 Å². The Morgan fingerprint density at radius 1 is 1.06 bits per heavy atom. The Bertz CT molecular complexity index is 687. The summed E-state index contributed by atoms with van der Waals surface area (Å²) in [5.74, 6) is -0.348. The number of carbonyl (C=O) groups excluding carboxylic acids is 4. The van der Waals surface area contributed by atoms with E-state index in [-0.39, 0.29) is 54.6 Å². The highest BCUT2D eigenvalue weighted by molar-refractivity contribution is 5.89. The Balaban J connectivity index is 1.69. The summed E-state index contributed by atoms with van der Waals surface area (Å²) in [5, 5.41) is 5.54. The Morgan fingerprint density at radius 2 is 1.68 bits per heavy atom. The highest BCUT2D eigenvalue weighted by Gasteiger charge is 2.41. The van der Waals surface area contributed by atoms with E-state index in [4.69, 9.17) is 4.74 Å². The lowest BCUT2D eigenvalue weighted by Gasteiger charge is -2.35. The standard InChI is InChI=1S/C22H38N4O5/c1-21(2,3)26-14-15(13-18(26)28)19(29)25-11-8-16(9-12-25)24-17(27)7-10-23-20(30)31-22(4,5)6/h15-16H,7-14H2,1-6H3,(H,23,30)(H,24,27). The molecule has 2 saturated heterocycles. The molecule has 9 nitrogen and oxygen atoms in total. The number of alkyl carbamates (subject to hydrolysis) is 1. The van der Waals surface area contributed by atoms with Crippen molar-refractivity contribution in [3.05, 3.63) is 0 Å². The van der Waals surface area contributed by atoms with Crippen LogP contribution in [-0.2, 0) is 19.1 Å². The molecule has 0 saturated carbocycles. The second-order valence-electron chi connectivity index (χ2n) is 10.4. The van der Waals surface area contributed by atoms with Gasteiger partial charge in [0.15, 0.2) is 0 Å². The van der Waals surface area contributed by atoms with Crippen LogP contribution >= 0.6 is 0 Å². The van der Waals surface area contributed by atoms with Gasteiger partial charge in [-0.15, -0.1) is 0 Å². The van der Waals surface area contributed by atoms with Crippen LogP contribution in [0.5, 0.6) is 0 Å². The van der Waals surface area contributed by atoms with Crippen molar-refractivity contribution < 1.29 is 23.9 Å². The molecule has 0 radical (unpaired) electrons. The first-order valence-corrected chi connectivity index (χ1v) is 11.1. The van der Waals surface area contributed by atoms with Gasteiger partial charge < -0.3 is 25.2 Å². The molecule has 31 heavy (non-hydrogen) atoms. The van der Waals surface area contributed by atoms with Crippen LogP contribution in [-0.4, -0.2) is 77.0 Å². The van der Waals surface area contributed by atoms with Gasteiger partial charge >= 0.3 is 6.09 Å². The Labute approximate surface area is 185 Å². The van der Waals surface area contributed by atoms with Crippen LogP contribution < -0.4 is 10.6 Å². The molecule has 0 bridgehead atoms. The van der Waals surface area contributed by atoms with E-state index in [1.807, 2.05) is 25.7 Å². The molecule has 2 heterocycles. The minimum Gasteiger partial charge on any atom is -0.444 e. The summed E-state index contributed by atoms with van der Waals surface area (Å²) >= 11 is 0. The Hall–Kier alpha value is -2.32. The predicted octanol–water partition coefficient (Wildman–Crippen LogP) is 1.66. The van der Waals surface area contributed by atoms with Gasteiger partial charge in [0, 0.05) is 50.6 Å². The maximum absolute atomic E-state index is 12.9. The van der Waals surface area contributed by atoms with E-state index < -0.39 is 11.7 Å². The summed E-state index contributed by atoms with van der Waals surface area (Å²) in [6.07, 6.45) is 1.27. The van der Waals surface area contributed by atoms with Crippen LogP contribution in [0.4, 0.5) is 4.79 Å². The second kappa shape index (κ2) is 9.87. The molecule has 2 N–H and O–H groups in total. The molecule has 0 aliphatic carbocycles. The molecule has 1 unspecified atom stereocenters. The van der Waals surface area contributed by atoms with Crippen LogP contribution in [0.15, 0.2) is 0 Å². The van der Waals surface area contributed by atoms with Gasteiger partial charge in [0.05, 0.1) is 5.92 Å².